The van der Waals surface area contributed by atoms with E-state index < -0.39 is 5.60 Å². The number of piperidine rings is 1. The van der Waals surface area contributed by atoms with E-state index in [9.17, 15) is 5.11 Å². The number of benzene rings is 1. The van der Waals surface area contributed by atoms with Crippen LogP contribution in [0, 0.1) is 11.3 Å². The number of nitrogens with zero attached hydrogens (tertiary/aromatic N) is 1. The van der Waals surface area contributed by atoms with E-state index in [1.807, 2.05) is 6.07 Å². The van der Waals surface area contributed by atoms with Crippen LogP contribution in [0.2, 0.25) is 0 Å². The first-order valence-corrected chi connectivity index (χ1v) is 10.8. The van der Waals surface area contributed by atoms with E-state index in [2.05, 4.69) is 23.1 Å². The zero-order valence-electron chi connectivity index (χ0n) is 16.4. The fourth-order valence-corrected chi connectivity index (χ4v) is 7.83. The quantitative estimate of drug-likeness (QED) is 0.786. The zero-order valence-corrected chi connectivity index (χ0v) is 16.4. The highest BCUT2D eigenvalue weighted by Crippen LogP contribution is 2.73. The van der Waals surface area contributed by atoms with Crippen LogP contribution >= 0.6 is 0 Å². The SMILES string of the molecule is CO[C@]12C=C[C@@]3(C[C@H]1N)[C@H]1Cc4ccc(O)c5c4[C@@]3(CCN1CC1CC1)[C@H]2O5. The first-order chi connectivity index (χ1) is 13.6. The molecule has 3 N–H and O–H groups in total. The molecule has 5 heteroatoms. The summed E-state index contributed by atoms with van der Waals surface area (Å²) in [4.78, 5) is 2.76. The Morgan fingerprint density at radius 1 is 1.32 bits per heavy atom. The smallest absolute Gasteiger partial charge is 0.165 e. The van der Waals surface area contributed by atoms with Gasteiger partial charge in [0.1, 0.15) is 11.7 Å². The molecule has 3 fully saturated rings. The van der Waals surface area contributed by atoms with Gasteiger partial charge in [-0.2, -0.15) is 0 Å². The van der Waals surface area contributed by atoms with E-state index in [1.165, 1.54) is 30.5 Å². The third kappa shape index (κ3) is 1.51. The lowest BCUT2D eigenvalue weighted by atomic mass is 9.38. The topological polar surface area (TPSA) is 68.0 Å². The lowest BCUT2D eigenvalue weighted by molar-refractivity contribution is -0.197. The zero-order chi connectivity index (χ0) is 18.9. The maximum absolute atomic E-state index is 10.7. The molecule has 5 aliphatic carbocycles. The summed E-state index contributed by atoms with van der Waals surface area (Å²) in [6.07, 6.45) is 10.3. The molecule has 2 heterocycles. The Labute approximate surface area is 165 Å². The van der Waals surface area contributed by atoms with Gasteiger partial charge in [-0.3, -0.25) is 4.90 Å². The highest BCUT2D eigenvalue weighted by Gasteiger charge is 2.78. The Morgan fingerprint density at radius 3 is 2.93 bits per heavy atom. The number of likely N-dealkylation sites (tertiary alicyclic amines) is 1. The predicted octanol–water partition coefficient (Wildman–Crippen LogP) is 2.10. The number of hydrogen-bond donors (Lipinski definition) is 2. The summed E-state index contributed by atoms with van der Waals surface area (Å²) < 4.78 is 12.7. The molecule has 0 aromatic heterocycles. The second-order valence-corrected chi connectivity index (χ2v) is 10.1. The molecule has 8 rings (SSSR count). The lowest BCUT2D eigenvalue weighted by Gasteiger charge is -2.71. The van der Waals surface area contributed by atoms with Gasteiger partial charge in [0, 0.05) is 36.7 Å². The molecule has 1 aromatic rings. The second kappa shape index (κ2) is 4.77. The number of methoxy groups -OCH3 is 1. The molecule has 0 unspecified atom stereocenters. The van der Waals surface area contributed by atoms with E-state index >= 15 is 0 Å². The van der Waals surface area contributed by atoms with Crippen molar-refractivity contribution in [1.29, 1.82) is 0 Å². The summed E-state index contributed by atoms with van der Waals surface area (Å²) in [6.45, 7) is 2.31. The fourth-order valence-electron chi connectivity index (χ4n) is 7.83. The molecular formula is C23H28N2O3. The first kappa shape index (κ1) is 16.3. The monoisotopic (exact) mass is 380 g/mol. The van der Waals surface area contributed by atoms with Gasteiger partial charge in [-0.1, -0.05) is 18.2 Å². The maximum Gasteiger partial charge on any atom is 0.165 e. The predicted molar refractivity (Wildman–Crippen MR) is 105 cm³/mol. The molecule has 0 radical (unpaired) electrons. The molecule has 2 aliphatic heterocycles. The highest BCUT2D eigenvalue weighted by molar-refractivity contribution is 5.65. The summed E-state index contributed by atoms with van der Waals surface area (Å²) in [5, 5.41) is 10.7. The minimum atomic E-state index is -0.620. The van der Waals surface area contributed by atoms with Crippen LogP contribution in [0.15, 0.2) is 24.3 Å². The van der Waals surface area contributed by atoms with E-state index in [0.29, 0.717) is 11.8 Å². The molecule has 6 atom stereocenters. The van der Waals surface area contributed by atoms with Gasteiger partial charge in [0.25, 0.3) is 0 Å². The van der Waals surface area contributed by atoms with E-state index in [0.717, 1.165) is 31.7 Å². The summed E-state index contributed by atoms with van der Waals surface area (Å²) in [5.74, 6) is 1.83. The molecule has 2 spiro atoms. The van der Waals surface area contributed by atoms with Crippen LogP contribution in [0.4, 0.5) is 0 Å². The number of hydrogen-bond acceptors (Lipinski definition) is 5. The number of phenols is 1. The Morgan fingerprint density at radius 2 is 2.18 bits per heavy atom. The summed E-state index contributed by atoms with van der Waals surface area (Å²) >= 11 is 0. The van der Waals surface area contributed by atoms with E-state index in [-0.39, 0.29) is 28.7 Å². The van der Waals surface area contributed by atoms with Crippen molar-refractivity contribution in [3.05, 3.63) is 35.4 Å². The van der Waals surface area contributed by atoms with Crippen molar-refractivity contribution in [3.8, 4) is 11.5 Å². The maximum atomic E-state index is 10.7. The second-order valence-electron chi connectivity index (χ2n) is 10.1. The molecule has 1 saturated heterocycles. The summed E-state index contributed by atoms with van der Waals surface area (Å²) in [5.41, 5.74) is 8.62. The minimum absolute atomic E-state index is 0.0312. The first-order valence-electron chi connectivity index (χ1n) is 10.8. The Kier molecular flexibility index (Phi) is 2.77. The van der Waals surface area contributed by atoms with Gasteiger partial charge in [0.05, 0.1) is 5.41 Å². The van der Waals surface area contributed by atoms with Gasteiger partial charge in [-0.15, -0.1) is 0 Å². The molecular weight excluding hydrogens is 352 g/mol. The van der Waals surface area contributed by atoms with Gasteiger partial charge < -0.3 is 20.3 Å². The molecule has 4 bridgehead atoms. The van der Waals surface area contributed by atoms with Crippen molar-refractivity contribution in [3.63, 3.8) is 0 Å². The van der Waals surface area contributed by atoms with Gasteiger partial charge in [-0.05, 0) is 56.2 Å². The van der Waals surface area contributed by atoms with Gasteiger partial charge in [0.2, 0.25) is 0 Å². The van der Waals surface area contributed by atoms with Gasteiger partial charge >= 0.3 is 0 Å². The third-order valence-corrected chi connectivity index (χ3v) is 9.16. The molecule has 28 heavy (non-hydrogen) atoms. The average molecular weight is 380 g/mol. The Bertz CT molecular complexity index is 927. The highest BCUT2D eigenvalue weighted by atomic mass is 16.6. The van der Waals surface area contributed by atoms with Crippen LogP contribution in [-0.2, 0) is 16.6 Å². The molecule has 2 saturated carbocycles. The number of fused-ring (bicyclic) bond motifs is 1. The fraction of sp³-hybridized carbons (Fsp3) is 0.652. The number of rotatable bonds is 3. The van der Waals surface area contributed by atoms with Gasteiger partial charge in [0.15, 0.2) is 11.5 Å². The van der Waals surface area contributed by atoms with Crippen LogP contribution in [0.25, 0.3) is 0 Å². The van der Waals surface area contributed by atoms with Crippen LogP contribution in [-0.4, -0.2) is 54.0 Å². The van der Waals surface area contributed by atoms with Crippen molar-refractivity contribution in [2.75, 3.05) is 20.2 Å². The van der Waals surface area contributed by atoms with Crippen LogP contribution in [0.5, 0.6) is 11.5 Å². The standard InChI is InChI=1S/C23H28N2O3/c1-27-23-7-6-21(11-16(23)24)17-10-14-4-5-15(26)19-18(14)22(21,20(23)28-19)8-9-25(17)12-13-2-3-13/h4-7,13,16-17,20,26H,2-3,8-12,24H2,1H3/t16-,17-,20-,21-,22+,23-/m1/s1. The Balaban J connectivity index is 1.51. The molecule has 148 valence electrons. The number of nitrogens with two attached hydrogens (primary N) is 1. The average Bonchev–Trinajstić information content (AvgIpc) is 3.43. The van der Waals surface area contributed by atoms with Crippen molar-refractivity contribution in [2.24, 2.45) is 17.1 Å². The number of phenolic OH excluding ortho intramolecular Hbond substituents is 1. The van der Waals surface area contributed by atoms with Crippen molar-refractivity contribution < 1.29 is 14.6 Å². The van der Waals surface area contributed by atoms with Crippen molar-refractivity contribution >= 4 is 0 Å². The van der Waals surface area contributed by atoms with Gasteiger partial charge in [-0.25, -0.2) is 0 Å². The summed E-state index contributed by atoms with van der Waals surface area (Å²) in [6, 6.07) is 4.30. The third-order valence-electron chi connectivity index (χ3n) is 9.16. The van der Waals surface area contributed by atoms with Crippen molar-refractivity contribution in [1.82, 2.24) is 4.90 Å². The Hall–Kier alpha value is -1.56. The van der Waals surface area contributed by atoms with Crippen LogP contribution < -0.4 is 10.5 Å². The number of aromatic hydroxyl groups is 1. The van der Waals surface area contributed by atoms with E-state index in [1.54, 1.807) is 7.11 Å². The minimum Gasteiger partial charge on any atom is -0.504 e. The van der Waals surface area contributed by atoms with Crippen LogP contribution in [0.3, 0.4) is 0 Å². The summed E-state index contributed by atoms with van der Waals surface area (Å²) in [7, 11) is 1.76. The molecule has 1 aromatic carbocycles. The van der Waals surface area contributed by atoms with Crippen molar-refractivity contribution in [2.45, 2.75) is 61.3 Å². The molecule has 0 amide bonds. The van der Waals surface area contributed by atoms with Crippen LogP contribution in [0.1, 0.15) is 36.8 Å². The largest absolute Gasteiger partial charge is 0.504 e. The normalized spacial score (nSPS) is 47.1. The number of ether oxygens (including phenoxy) is 2. The van der Waals surface area contributed by atoms with E-state index in [4.69, 9.17) is 15.2 Å². The lowest BCUT2D eigenvalue weighted by Crippen LogP contribution is -2.81. The molecule has 7 aliphatic rings. The molecule has 5 nitrogen and oxygen atoms in total.